The van der Waals surface area contributed by atoms with Crippen LogP contribution in [0.2, 0.25) is 0 Å². The van der Waals surface area contributed by atoms with Gasteiger partial charge in [0.25, 0.3) is 5.89 Å². The van der Waals surface area contributed by atoms with E-state index in [0.717, 1.165) is 37.6 Å². The zero-order valence-electron chi connectivity index (χ0n) is 14.0. The van der Waals surface area contributed by atoms with Crippen LogP contribution in [0, 0.1) is 0 Å². The van der Waals surface area contributed by atoms with Crippen LogP contribution in [0.15, 0.2) is 53.1 Å². The number of nitrogens with zero attached hydrogens (tertiary/aromatic N) is 3. The van der Waals surface area contributed by atoms with Crippen LogP contribution < -0.4 is 4.90 Å². The van der Waals surface area contributed by atoms with Crippen molar-refractivity contribution in [2.45, 2.75) is 0 Å². The first-order valence-corrected chi connectivity index (χ1v) is 8.31. The summed E-state index contributed by atoms with van der Waals surface area (Å²) in [5.74, 6) is -0.233. The van der Waals surface area contributed by atoms with Crippen LogP contribution >= 0.6 is 0 Å². The first kappa shape index (κ1) is 16.3. The van der Waals surface area contributed by atoms with Crippen molar-refractivity contribution >= 4 is 11.7 Å². The number of aromatic carboxylic acids is 1. The summed E-state index contributed by atoms with van der Waals surface area (Å²) in [4.78, 5) is 17.8. The number of morpholine rings is 1. The molecule has 132 valence electrons. The summed E-state index contributed by atoms with van der Waals surface area (Å²) in [5, 5.41) is 13.1. The Balaban J connectivity index is 1.56. The van der Waals surface area contributed by atoms with Crippen molar-refractivity contribution in [1.29, 1.82) is 0 Å². The Labute approximate surface area is 149 Å². The highest BCUT2D eigenvalue weighted by Crippen LogP contribution is 2.25. The maximum atomic E-state index is 11.1. The Morgan fingerprint density at radius 3 is 2.54 bits per heavy atom. The second-order valence-corrected chi connectivity index (χ2v) is 5.96. The molecule has 1 aromatic heterocycles. The van der Waals surface area contributed by atoms with Crippen LogP contribution in [0.3, 0.4) is 0 Å². The topological polar surface area (TPSA) is 88.7 Å². The van der Waals surface area contributed by atoms with Gasteiger partial charge in [0.1, 0.15) is 0 Å². The van der Waals surface area contributed by atoms with E-state index < -0.39 is 5.97 Å². The fourth-order valence-electron chi connectivity index (χ4n) is 2.89. The van der Waals surface area contributed by atoms with Crippen LogP contribution in [-0.4, -0.2) is 47.5 Å². The van der Waals surface area contributed by atoms with E-state index >= 15 is 0 Å². The molecule has 0 spiro atoms. The molecule has 2 aromatic carbocycles. The molecule has 1 fully saturated rings. The van der Waals surface area contributed by atoms with E-state index in [0.29, 0.717) is 17.3 Å². The van der Waals surface area contributed by atoms with Gasteiger partial charge in [-0.05, 0) is 36.4 Å². The molecular formula is C19H17N3O4. The van der Waals surface area contributed by atoms with Crippen LogP contribution in [0.1, 0.15) is 10.4 Å². The molecule has 1 aliphatic heterocycles. The van der Waals surface area contributed by atoms with E-state index in [1.54, 1.807) is 12.1 Å². The van der Waals surface area contributed by atoms with Crippen molar-refractivity contribution in [2.24, 2.45) is 0 Å². The van der Waals surface area contributed by atoms with Crippen LogP contribution in [-0.2, 0) is 4.74 Å². The van der Waals surface area contributed by atoms with Crippen LogP contribution in [0.5, 0.6) is 0 Å². The lowest BCUT2D eigenvalue weighted by Crippen LogP contribution is -2.36. The average molecular weight is 351 g/mol. The van der Waals surface area contributed by atoms with Crippen LogP contribution in [0.25, 0.3) is 22.8 Å². The minimum absolute atomic E-state index is 0.184. The summed E-state index contributed by atoms with van der Waals surface area (Å²) in [6.45, 7) is 3.24. The number of hydrogen-bond acceptors (Lipinski definition) is 6. The zero-order chi connectivity index (χ0) is 17.9. The highest BCUT2D eigenvalue weighted by atomic mass is 16.5. The number of carboxylic acids is 1. The first-order chi connectivity index (χ1) is 12.7. The van der Waals surface area contributed by atoms with Gasteiger partial charge in [-0.25, -0.2) is 4.79 Å². The number of ether oxygens (including phenoxy) is 1. The van der Waals surface area contributed by atoms with Gasteiger partial charge in [-0.3, -0.25) is 0 Å². The van der Waals surface area contributed by atoms with Crippen molar-refractivity contribution in [2.75, 3.05) is 31.2 Å². The monoisotopic (exact) mass is 351 g/mol. The molecule has 3 aromatic rings. The minimum Gasteiger partial charge on any atom is -0.478 e. The molecule has 0 unspecified atom stereocenters. The summed E-state index contributed by atoms with van der Waals surface area (Å²) in [6.07, 6.45) is 0. The predicted molar refractivity (Wildman–Crippen MR) is 95.2 cm³/mol. The van der Waals surface area contributed by atoms with E-state index in [2.05, 4.69) is 15.0 Å². The largest absolute Gasteiger partial charge is 0.478 e. The second kappa shape index (κ2) is 6.97. The number of aromatic nitrogens is 2. The molecule has 26 heavy (non-hydrogen) atoms. The van der Waals surface area contributed by atoms with Gasteiger partial charge >= 0.3 is 5.97 Å². The number of rotatable bonds is 4. The summed E-state index contributed by atoms with van der Waals surface area (Å²) in [5.41, 5.74) is 2.73. The number of anilines is 1. The molecule has 4 rings (SSSR count). The lowest BCUT2D eigenvalue weighted by atomic mass is 10.1. The number of hydrogen-bond donors (Lipinski definition) is 1. The maximum absolute atomic E-state index is 11.1. The van der Waals surface area contributed by atoms with Crippen molar-refractivity contribution < 1.29 is 19.2 Å². The Kier molecular flexibility index (Phi) is 4.37. The second-order valence-electron chi connectivity index (χ2n) is 5.96. The molecule has 7 heteroatoms. The summed E-state index contributed by atoms with van der Waals surface area (Å²) in [7, 11) is 0. The first-order valence-electron chi connectivity index (χ1n) is 8.31. The van der Waals surface area contributed by atoms with E-state index in [-0.39, 0.29) is 5.56 Å². The highest BCUT2D eigenvalue weighted by Gasteiger charge is 2.14. The van der Waals surface area contributed by atoms with E-state index in [4.69, 9.17) is 14.4 Å². The van der Waals surface area contributed by atoms with Gasteiger partial charge in [0.2, 0.25) is 5.82 Å². The van der Waals surface area contributed by atoms with Gasteiger partial charge in [-0.15, -0.1) is 0 Å². The molecule has 1 aliphatic rings. The molecule has 1 N–H and O–H groups in total. The molecule has 0 saturated carbocycles. The van der Waals surface area contributed by atoms with Gasteiger partial charge in [-0.2, -0.15) is 4.98 Å². The molecule has 0 radical (unpaired) electrons. The molecule has 0 atom stereocenters. The van der Waals surface area contributed by atoms with E-state index in [1.807, 2.05) is 24.3 Å². The molecule has 1 saturated heterocycles. The van der Waals surface area contributed by atoms with Crippen molar-refractivity contribution in [3.63, 3.8) is 0 Å². The average Bonchev–Trinajstić information content (AvgIpc) is 3.19. The summed E-state index contributed by atoms with van der Waals surface area (Å²) >= 11 is 0. The maximum Gasteiger partial charge on any atom is 0.335 e. The molecule has 7 nitrogen and oxygen atoms in total. The molecular weight excluding hydrogens is 334 g/mol. The standard InChI is InChI=1S/C19H17N3O4/c23-19(24)15-3-1-2-14(12-15)17-20-18(26-21-17)13-4-6-16(7-5-13)22-8-10-25-11-9-22/h1-7,12H,8-11H2,(H,23,24). The van der Waals surface area contributed by atoms with Gasteiger partial charge in [0, 0.05) is 29.9 Å². The normalized spacial score (nSPS) is 14.4. The number of carboxylic acid groups (broad SMARTS) is 1. The predicted octanol–water partition coefficient (Wildman–Crippen LogP) is 2.94. The smallest absolute Gasteiger partial charge is 0.335 e. The SMILES string of the molecule is O=C(O)c1cccc(-c2noc(-c3ccc(N4CCOCC4)cc3)n2)c1. The van der Waals surface area contributed by atoms with E-state index in [1.165, 1.54) is 12.1 Å². The fourth-order valence-corrected chi connectivity index (χ4v) is 2.89. The third kappa shape index (κ3) is 3.29. The van der Waals surface area contributed by atoms with Crippen molar-refractivity contribution in [3.05, 3.63) is 54.1 Å². The third-order valence-electron chi connectivity index (χ3n) is 4.28. The fraction of sp³-hybridized carbons (Fsp3) is 0.211. The summed E-state index contributed by atoms with van der Waals surface area (Å²) < 4.78 is 10.7. The Bertz CT molecular complexity index is 915. The van der Waals surface area contributed by atoms with E-state index in [9.17, 15) is 4.79 Å². The van der Waals surface area contributed by atoms with Crippen LogP contribution in [0.4, 0.5) is 5.69 Å². The summed E-state index contributed by atoms with van der Waals surface area (Å²) in [6, 6.07) is 14.4. The van der Waals surface area contributed by atoms with Gasteiger partial charge in [-0.1, -0.05) is 17.3 Å². The number of benzene rings is 2. The van der Waals surface area contributed by atoms with Gasteiger partial charge in [0.15, 0.2) is 0 Å². The van der Waals surface area contributed by atoms with Crippen molar-refractivity contribution in [3.8, 4) is 22.8 Å². The highest BCUT2D eigenvalue weighted by molar-refractivity contribution is 5.89. The minimum atomic E-state index is -0.991. The number of carbonyl (C=O) groups is 1. The lowest BCUT2D eigenvalue weighted by molar-refractivity contribution is 0.0697. The Morgan fingerprint density at radius 2 is 1.81 bits per heavy atom. The Hall–Kier alpha value is -3.19. The zero-order valence-corrected chi connectivity index (χ0v) is 14.0. The van der Waals surface area contributed by atoms with Gasteiger partial charge < -0.3 is 19.3 Å². The third-order valence-corrected chi connectivity index (χ3v) is 4.28. The molecule has 0 bridgehead atoms. The van der Waals surface area contributed by atoms with Gasteiger partial charge in [0.05, 0.1) is 18.8 Å². The molecule has 0 amide bonds. The quantitative estimate of drug-likeness (QED) is 0.773. The molecule has 2 heterocycles. The Morgan fingerprint density at radius 1 is 1.04 bits per heavy atom. The lowest BCUT2D eigenvalue weighted by Gasteiger charge is -2.28. The molecule has 0 aliphatic carbocycles. The van der Waals surface area contributed by atoms with Crippen molar-refractivity contribution in [1.82, 2.24) is 10.1 Å².